The molecule has 0 aromatic rings. The molecule has 0 bridgehead atoms. The van der Waals surface area contributed by atoms with Gasteiger partial charge in [0.1, 0.15) is 6.04 Å². The minimum absolute atomic E-state index is 0.225. The Balaban J connectivity index is 3.94. The SMILES string of the molecule is COC(=O)[C@H](CI)NC(C)=O. The van der Waals surface area contributed by atoms with Crippen LogP contribution in [0, 0.1) is 0 Å². The second-order valence-electron chi connectivity index (χ2n) is 1.93. The van der Waals surface area contributed by atoms with Crippen LogP contribution in [0.25, 0.3) is 0 Å². The van der Waals surface area contributed by atoms with Gasteiger partial charge in [-0.25, -0.2) is 4.79 Å². The van der Waals surface area contributed by atoms with Gasteiger partial charge in [0.15, 0.2) is 0 Å². The Morgan fingerprint density at radius 1 is 1.64 bits per heavy atom. The summed E-state index contributed by atoms with van der Waals surface area (Å²) in [6.45, 7) is 1.36. The molecule has 1 N–H and O–H groups in total. The minimum Gasteiger partial charge on any atom is -0.467 e. The van der Waals surface area contributed by atoms with E-state index >= 15 is 0 Å². The molecule has 1 atom stereocenters. The van der Waals surface area contributed by atoms with Crippen LogP contribution in [0.3, 0.4) is 0 Å². The van der Waals surface area contributed by atoms with Gasteiger partial charge < -0.3 is 10.1 Å². The number of methoxy groups -OCH3 is 1. The fraction of sp³-hybridized carbons (Fsp3) is 0.667. The van der Waals surface area contributed by atoms with E-state index in [9.17, 15) is 9.59 Å². The van der Waals surface area contributed by atoms with Gasteiger partial charge in [-0.05, 0) is 0 Å². The van der Waals surface area contributed by atoms with E-state index in [1.54, 1.807) is 0 Å². The number of rotatable bonds is 3. The fourth-order valence-electron chi connectivity index (χ4n) is 0.548. The van der Waals surface area contributed by atoms with Crippen molar-refractivity contribution in [2.75, 3.05) is 11.5 Å². The molecule has 64 valence electrons. The number of nitrogens with one attached hydrogen (secondary N) is 1. The highest BCUT2D eigenvalue weighted by Crippen LogP contribution is 1.93. The predicted octanol–water partition coefficient (Wildman–Crippen LogP) is 0.0991. The Kier molecular flexibility index (Phi) is 5.18. The first-order valence-electron chi connectivity index (χ1n) is 3.02. The summed E-state index contributed by atoms with van der Waals surface area (Å²) >= 11 is 2.01. The molecule has 0 aromatic heterocycles. The molecule has 0 saturated heterocycles. The summed E-state index contributed by atoms with van der Waals surface area (Å²) in [7, 11) is 1.30. The van der Waals surface area contributed by atoms with Gasteiger partial charge in [-0.2, -0.15) is 0 Å². The van der Waals surface area contributed by atoms with Gasteiger partial charge in [0, 0.05) is 11.4 Å². The Labute approximate surface area is 78.8 Å². The van der Waals surface area contributed by atoms with Crippen molar-refractivity contribution in [2.24, 2.45) is 0 Å². The van der Waals surface area contributed by atoms with Crippen LogP contribution in [-0.2, 0) is 14.3 Å². The molecule has 1 amide bonds. The summed E-state index contributed by atoms with van der Waals surface area (Å²) in [4.78, 5) is 21.3. The number of ether oxygens (including phenoxy) is 1. The average Bonchev–Trinajstić information content (AvgIpc) is 1.98. The van der Waals surface area contributed by atoms with Crippen LogP contribution in [-0.4, -0.2) is 29.5 Å². The smallest absolute Gasteiger partial charge is 0.329 e. The van der Waals surface area contributed by atoms with Gasteiger partial charge in [-0.3, -0.25) is 4.79 Å². The number of hydrogen-bond acceptors (Lipinski definition) is 3. The molecule has 5 heteroatoms. The van der Waals surface area contributed by atoms with Crippen molar-refractivity contribution in [3.05, 3.63) is 0 Å². The molecule has 0 rings (SSSR count). The van der Waals surface area contributed by atoms with Gasteiger partial charge in [0.2, 0.25) is 5.91 Å². The van der Waals surface area contributed by atoms with Gasteiger partial charge in [0.05, 0.1) is 7.11 Å². The number of halogens is 1. The molecule has 0 heterocycles. The van der Waals surface area contributed by atoms with Crippen molar-refractivity contribution in [1.29, 1.82) is 0 Å². The molecule has 0 aliphatic heterocycles. The summed E-state index contributed by atoms with van der Waals surface area (Å²) in [5.41, 5.74) is 0. The maximum Gasteiger partial charge on any atom is 0.329 e. The minimum atomic E-state index is -0.516. The molecule has 0 unspecified atom stereocenters. The normalized spacial score (nSPS) is 11.9. The predicted molar refractivity (Wildman–Crippen MR) is 48.5 cm³/mol. The van der Waals surface area contributed by atoms with E-state index in [0.29, 0.717) is 4.43 Å². The molecule has 0 aliphatic carbocycles. The van der Waals surface area contributed by atoms with Crippen molar-refractivity contribution < 1.29 is 14.3 Å². The van der Waals surface area contributed by atoms with Crippen molar-refractivity contribution in [1.82, 2.24) is 5.32 Å². The van der Waals surface area contributed by atoms with E-state index in [1.807, 2.05) is 22.6 Å². The van der Waals surface area contributed by atoms with E-state index in [1.165, 1.54) is 14.0 Å². The summed E-state index contributed by atoms with van der Waals surface area (Å²) < 4.78 is 4.96. The molecule has 0 radical (unpaired) electrons. The monoisotopic (exact) mass is 271 g/mol. The average molecular weight is 271 g/mol. The second kappa shape index (κ2) is 5.34. The summed E-state index contributed by atoms with van der Waals surface area (Å²) in [5, 5.41) is 2.46. The van der Waals surface area contributed by atoms with Crippen molar-refractivity contribution in [2.45, 2.75) is 13.0 Å². The maximum atomic E-state index is 10.8. The first kappa shape index (κ1) is 10.7. The summed E-state index contributed by atoms with van der Waals surface area (Å²) in [6.07, 6.45) is 0. The van der Waals surface area contributed by atoms with Crippen LogP contribution in [0.15, 0.2) is 0 Å². The number of carbonyl (C=O) groups excluding carboxylic acids is 2. The number of esters is 1. The van der Waals surface area contributed by atoms with Crippen LogP contribution in [0.1, 0.15) is 6.92 Å². The van der Waals surface area contributed by atoms with E-state index in [2.05, 4.69) is 10.1 Å². The third-order valence-electron chi connectivity index (χ3n) is 1.02. The number of hydrogen-bond donors (Lipinski definition) is 1. The topological polar surface area (TPSA) is 55.4 Å². The van der Waals surface area contributed by atoms with Crippen LogP contribution in [0.5, 0.6) is 0 Å². The lowest BCUT2D eigenvalue weighted by atomic mass is 10.3. The molecule has 0 aromatic carbocycles. The van der Waals surface area contributed by atoms with Crippen molar-refractivity contribution in [3.63, 3.8) is 0 Å². The summed E-state index contributed by atoms with van der Waals surface area (Å²) in [5.74, 6) is -0.633. The zero-order valence-electron chi connectivity index (χ0n) is 6.39. The highest BCUT2D eigenvalue weighted by Gasteiger charge is 2.17. The fourth-order valence-corrected chi connectivity index (χ4v) is 1.13. The zero-order chi connectivity index (χ0) is 8.85. The Morgan fingerprint density at radius 3 is 2.45 bits per heavy atom. The van der Waals surface area contributed by atoms with E-state index < -0.39 is 12.0 Å². The van der Waals surface area contributed by atoms with Gasteiger partial charge >= 0.3 is 5.97 Å². The zero-order valence-corrected chi connectivity index (χ0v) is 8.54. The Bertz CT molecular complexity index is 160. The van der Waals surface area contributed by atoms with Gasteiger partial charge in [-0.15, -0.1) is 0 Å². The summed E-state index contributed by atoms with van der Waals surface area (Å²) in [6, 6.07) is -0.516. The van der Waals surface area contributed by atoms with E-state index in [0.717, 1.165) is 0 Å². The number of alkyl halides is 1. The van der Waals surface area contributed by atoms with Gasteiger partial charge in [-0.1, -0.05) is 22.6 Å². The van der Waals surface area contributed by atoms with E-state index in [-0.39, 0.29) is 5.91 Å². The molecular formula is C6H10INO3. The molecule has 0 fully saturated rings. The van der Waals surface area contributed by atoms with Crippen LogP contribution < -0.4 is 5.32 Å². The maximum absolute atomic E-state index is 10.8. The largest absolute Gasteiger partial charge is 0.467 e. The Morgan fingerprint density at radius 2 is 2.18 bits per heavy atom. The van der Waals surface area contributed by atoms with Crippen LogP contribution in [0.4, 0.5) is 0 Å². The number of amides is 1. The van der Waals surface area contributed by atoms with Crippen LogP contribution in [0.2, 0.25) is 0 Å². The first-order valence-corrected chi connectivity index (χ1v) is 4.55. The van der Waals surface area contributed by atoms with Crippen LogP contribution >= 0.6 is 22.6 Å². The third-order valence-corrected chi connectivity index (χ3v) is 1.90. The first-order chi connectivity index (χ1) is 5.11. The lowest BCUT2D eigenvalue weighted by Gasteiger charge is -2.11. The lowest BCUT2D eigenvalue weighted by molar-refractivity contribution is -0.144. The van der Waals surface area contributed by atoms with Crippen molar-refractivity contribution in [3.8, 4) is 0 Å². The molecule has 0 spiro atoms. The lowest BCUT2D eigenvalue weighted by Crippen LogP contribution is -2.41. The second-order valence-corrected chi connectivity index (χ2v) is 2.81. The molecule has 0 aliphatic rings. The van der Waals surface area contributed by atoms with E-state index in [4.69, 9.17) is 0 Å². The quantitative estimate of drug-likeness (QED) is 0.450. The highest BCUT2D eigenvalue weighted by atomic mass is 127. The Hall–Kier alpha value is -0.330. The molecule has 0 saturated carbocycles. The van der Waals surface area contributed by atoms with Gasteiger partial charge in [0.25, 0.3) is 0 Å². The highest BCUT2D eigenvalue weighted by molar-refractivity contribution is 14.1. The number of carbonyl (C=O) groups is 2. The van der Waals surface area contributed by atoms with Crippen molar-refractivity contribution >= 4 is 34.5 Å². The third kappa shape index (κ3) is 4.18. The molecule has 11 heavy (non-hydrogen) atoms. The molecule has 4 nitrogen and oxygen atoms in total. The molecular weight excluding hydrogens is 261 g/mol. The standard InChI is InChI=1S/C6H10INO3/c1-4(9)8-5(3-7)6(10)11-2/h5H,3H2,1-2H3,(H,8,9)/t5-/m0/s1.